The van der Waals surface area contributed by atoms with E-state index in [0.29, 0.717) is 29.7 Å². The minimum Gasteiger partial charge on any atom is -0.473 e. The normalized spacial score (nSPS) is 20.4. The molecule has 1 amide bonds. The number of nitrogens with zero attached hydrogens (tertiary/aromatic N) is 3. The second-order valence-electron chi connectivity index (χ2n) is 6.89. The van der Waals surface area contributed by atoms with Gasteiger partial charge in [0.1, 0.15) is 11.1 Å². The second-order valence-corrected chi connectivity index (χ2v) is 7.30. The molecule has 0 N–H and O–H groups in total. The van der Waals surface area contributed by atoms with Crippen LogP contribution in [0.15, 0.2) is 12.3 Å². The van der Waals surface area contributed by atoms with Gasteiger partial charge in [-0.1, -0.05) is 11.6 Å². The lowest BCUT2D eigenvalue weighted by molar-refractivity contribution is 0.0238. The topological polar surface area (TPSA) is 54.9 Å². The Labute approximate surface area is 154 Å². The fourth-order valence-electron chi connectivity index (χ4n) is 3.33. The Hall–Kier alpha value is -1.37. The van der Waals surface area contributed by atoms with Crippen molar-refractivity contribution in [3.05, 3.63) is 22.8 Å². The van der Waals surface area contributed by atoms with Gasteiger partial charge in [0.2, 0.25) is 5.88 Å². The number of likely N-dealkylation sites (tertiary alicyclic amines) is 1. The van der Waals surface area contributed by atoms with Crippen molar-refractivity contribution in [1.29, 1.82) is 0 Å². The molecule has 0 radical (unpaired) electrons. The molecule has 0 spiro atoms. The second kappa shape index (κ2) is 8.34. The van der Waals surface area contributed by atoms with E-state index < -0.39 is 0 Å². The Morgan fingerprint density at radius 3 is 2.64 bits per heavy atom. The number of amides is 1. The summed E-state index contributed by atoms with van der Waals surface area (Å²) in [7, 11) is 3.97. The highest BCUT2D eigenvalue weighted by Gasteiger charge is 2.26. The van der Waals surface area contributed by atoms with Crippen LogP contribution in [0.25, 0.3) is 0 Å². The highest BCUT2D eigenvalue weighted by atomic mass is 35.5. The third-order valence-electron chi connectivity index (χ3n) is 5.06. The molecule has 0 aromatic carbocycles. The van der Waals surface area contributed by atoms with Gasteiger partial charge < -0.3 is 19.3 Å². The molecule has 2 aliphatic rings. The summed E-state index contributed by atoms with van der Waals surface area (Å²) in [5.41, 5.74) is 0.505. The highest BCUT2D eigenvalue weighted by Crippen LogP contribution is 2.26. The van der Waals surface area contributed by atoms with Crippen LogP contribution in [0.2, 0.25) is 5.02 Å². The minimum atomic E-state index is -0.0402. The Balaban J connectivity index is 1.63. The van der Waals surface area contributed by atoms with E-state index in [4.69, 9.17) is 21.1 Å². The van der Waals surface area contributed by atoms with Crippen molar-refractivity contribution < 1.29 is 14.3 Å². The van der Waals surface area contributed by atoms with Gasteiger partial charge in [-0.25, -0.2) is 4.98 Å². The molecule has 138 valence electrons. The fraction of sp³-hybridized carbons (Fsp3) is 0.667. The van der Waals surface area contributed by atoms with Gasteiger partial charge in [0, 0.05) is 32.1 Å². The van der Waals surface area contributed by atoms with Crippen LogP contribution in [0.4, 0.5) is 0 Å². The summed E-state index contributed by atoms with van der Waals surface area (Å²) in [6.45, 7) is 3.42. The molecule has 0 bridgehead atoms. The molecule has 3 rings (SSSR count). The highest BCUT2D eigenvalue weighted by molar-refractivity contribution is 6.32. The first-order chi connectivity index (χ1) is 12.0. The molecule has 0 atom stereocenters. The van der Waals surface area contributed by atoms with E-state index in [1.165, 1.54) is 0 Å². The zero-order valence-corrected chi connectivity index (χ0v) is 15.7. The molecule has 1 aromatic rings. The van der Waals surface area contributed by atoms with Gasteiger partial charge in [0.05, 0.1) is 18.8 Å². The van der Waals surface area contributed by atoms with E-state index in [-0.39, 0.29) is 18.1 Å². The number of pyridine rings is 1. The summed E-state index contributed by atoms with van der Waals surface area (Å²) < 4.78 is 11.2. The lowest BCUT2D eigenvalue weighted by Gasteiger charge is -2.35. The third-order valence-corrected chi connectivity index (χ3v) is 5.33. The molecule has 0 saturated carbocycles. The maximum absolute atomic E-state index is 12.7. The molecule has 1 aromatic heterocycles. The molecule has 2 aliphatic heterocycles. The van der Waals surface area contributed by atoms with Crippen LogP contribution in [0.3, 0.4) is 0 Å². The number of carbonyl (C=O) groups excluding carboxylic acids is 1. The molecule has 6 nitrogen and oxygen atoms in total. The van der Waals surface area contributed by atoms with Crippen LogP contribution in [0.1, 0.15) is 36.0 Å². The number of carbonyl (C=O) groups is 1. The quantitative estimate of drug-likeness (QED) is 0.818. The number of aromatic nitrogens is 1. The van der Waals surface area contributed by atoms with Gasteiger partial charge in [-0.3, -0.25) is 4.79 Å². The summed E-state index contributed by atoms with van der Waals surface area (Å²) in [5, 5.41) is 0.383. The summed E-state index contributed by atoms with van der Waals surface area (Å²) in [6, 6.07) is 1.93. The summed E-state index contributed by atoms with van der Waals surface area (Å²) in [5.74, 6) is 0.355. The molecule has 2 fully saturated rings. The molecule has 25 heavy (non-hydrogen) atoms. The Bertz CT molecular complexity index is 599. The molecule has 0 unspecified atom stereocenters. The van der Waals surface area contributed by atoms with Crippen molar-refractivity contribution in [2.24, 2.45) is 0 Å². The van der Waals surface area contributed by atoms with E-state index in [1.807, 2.05) is 11.9 Å². The Morgan fingerprint density at radius 2 is 2.00 bits per heavy atom. The van der Waals surface area contributed by atoms with E-state index >= 15 is 0 Å². The van der Waals surface area contributed by atoms with Gasteiger partial charge in [0.25, 0.3) is 5.91 Å². The third kappa shape index (κ3) is 4.63. The fourth-order valence-corrected chi connectivity index (χ4v) is 3.54. The van der Waals surface area contributed by atoms with Crippen LogP contribution in [0.5, 0.6) is 5.88 Å². The van der Waals surface area contributed by atoms with Crippen LogP contribution in [-0.2, 0) is 4.74 Å². The molecule has 3 heterocycles. The molecule has 7 heteroatoms. The van der Waals surface area contributed by atoms with E-state index in [9.17, 15) is 4.79 Å². The van der Waals surface area contributed by atoms with Crippen molar-refractivity contribution in [1.82, 2.24) is 14.8 Å². The molecular weight excluding hydrogens is 342 g/mol. The lowest BCUT2D eigenvalue weighted by atomic mass is 10.0. The van der Waals surface area contributed by atoms with Crippen molar-refractivity contribution in [2.45, 2.75) is 37.8 Å². The predicted octanol–water partition coefficient (Wildman–Crippen LogP) is 2.46. The van der Waals surface area contributed by atoms with Gasteiger partial charge in [0.15, 0.2) is 0 Å². The Morgan fingerprint density at radius 1 is 1.32 bits per heavy atom. The van der Waals surface area contributed by atoms with E-state index in [1.54, 1.807) is 12.3 Å². The first kappa shape index (κ1) is 18.4. The summed E-state index contributed by atoms with van der Waals surface area (Å²) in [6.07, 6.45) is 5.28. The maximum atomic E-state index is 12.7. The number of halogens is 1. The zero-order chi connectivity index (χ0) is 17.8. The largest absolute Gasteiger partial charge is 0.473 e. The lowest BCUT2D eigenvalue weighted by Crippen LogP contribution is -2.44. The number of piperidine rings is 1. The molecule has 0 aliphatic carbocycles. The first-order valence-corrected chi connectivity index (χ1v) is 9.28. The molecule has 2 saturated heterocycles. The van der Waals surface area contributed by atoms with Crippen molar-refractivity contribution >= 4 is 17.5 Å². The smallest absolute Gasteiger partial charge is 0.255 e. The monoisotopic (exact) mass is 367 g/mol. The van der Waals surface area contributed by atoms with Crippen molar-refractivity contribution in [3.8, 4) is 5.88 Å². The minimum absolute atomic E-state index is 0.0402. The average molecular weight is 368 g/mol. The van der Waals surface area contributed by atoms with Gasteiger partial charge in [-0.2, -0.15) is 0 Å². The summed E-state index contributed by atoms with van der Waals surface area (Å²) in [4.78, 5) is 21.1. The summed E-state index contributed by atoms with van der Waals surface area (Å²) >= 11 is 6.31. The van der Waals surface area contributed by atoms with Gasteiger partial charge >= 0.3 is 0 Å². The number of hydrogen-bond acceptors (Lipinski definition) is 5. The van der Waals surface area contributed by atoms with Gasteiger partial charge in [-0.15, -0.1) is 0 Å². The maximum Gasteiger partial charge on any atom is 0.255 e. The zero-order valence-electron chi connectivity index (χ0n) is 14.9. The number of ether oxygens (including phenoxy) is 2. The van der Waals surface area contributed by atoms with Crippen LogP contribution in [0, 0.1) is 0 Å². The van der Waals surface area contributed by atoms with E-state index in [2.05, 4.69) is 16.9 Å². The van der Waals surface area contributed by atoms with Crippen LogP contribution >= 0.6 is 11.6 Å². The average Bonchev–Trinajstić information content (AvgIpc) is 2.64. The molecular formula is C18H26ClN3O3. The van der Waals surface area contributed by atoms with Crippen LogP contribution in [-0.4, -0.2) is 73.2 Å². The standard InChI is InChI=1S/C18H26ClN3O3/c1-21-7-3-14(4-8-21)22(2)18(23)13-11-16(19)17(20-12-13)25-15-5-9-24-10-6-15/h11-12,14-15H,3-10H2,1-2H3. The van der Waals surface area contributed by atoms with E-state index in [0.717, 1.165) is 38.8 Å². The SMILES string of the molecule is CN1CCC(N(C)C(=O)c2cnc(OC3CCOCC3)c(Cl)c2)CC1. The predicted molar refractivity (Wildman–Crippen MR) is 96.3 cm³/mol. The number of rotatable bonds is 4. The van der Waals surface area contributed by atoms with Crippen molar-refractivity contribution in [3.63, 3.8) is 0 Å². The van der Waals surface area contributed by atoms with Crippen LogP contribution < -0.4 is 4.74 Å². The van der Waals surface area contributed by atoms with Crippen molar-refractivity contribution in [2.75, 3.05) is 40.4 Å². The Kier molecular flexibility index (Phi) is 6.15. The van der Waals surface area contributed by atoms with Gasteiger partial charge in [-0.05, 0) is 39.0 Å². The first-order valence-electron chi connectivity index (χ1n) is 8.90. The number of hydrogen-bond donors (Lipinski definition) is 0.